The first-order chi connectivity index (χ1) is 8.54. The van der Waals surface area contributed by atoms with Crippen LogP contribution in [0.1, 0.15) is 10.4 Å². The van der Waals surface area contributed by atoms with Crippen molar-refractivity contribution in [3.05, 3.63) is 56.8 Å². The molecule has 1 aromatic heterocycles. The van der Waals surface area contributed by atoms with Gasteiger partial charge in [-0.25, -0.2) is 4.79 Å². The summed E-state index contributed by atoms with van der Waals surface area (Å²) in [4.78, 5) is 24.6. The Morgan fingerprint density at radius 1 is 1.22 bits per heavy atom. The van der Waals surface area contributed by atoms with Crippen LogP contribution >= 0.6 is 15.9 Å². The van der Waals surface area contributed by atoms with E-state index in [0.717, 1.165) is 16.2 Å². The molecule has 0 fully saturated rings. The van der Waals surface area contributed by atoms with Crippen molar-refractivity contribution in [1.82, 2.24) is 4.98 Å². The summed E-state index contributed by atoms with van der Waals surface area (Å²) in [5.74, 6) is -0.804. The minimum absolute atomic E-state index is 0.0571. The Bertz CT molecular complexity index is 635. The zero-order valence-corrected chi connectivity index (χ0v) is 10.7. The Balaban J connectivity index is 2.31. The molecular weight excluding hydrogens is 300 g/mol. The Morgan fingerprint density at radius 2 is 1.89 bits per heavy atom. The summed E-state index contributed by atoms with van der Waals surface area (Å²) in [7, 11) is 0. The second-order valence-corrected chi connectivity index (χ2v) is 4.50. The van der Waals surface area contributed by atoms with E-state index < -0.39 is 11.5 Å². The molecule has 0 aliphatic heterocycles. The van der Waals surface area contributed by atoms with Gasteiger partial charge in [-0.05, 0) is 30.3 Å². The standard InChI is InChI=1S/C12H9BrN2O3/c13-8-1-3-9(4-2-8)14-10-5-7(12(17)18)6-11(16)15-10/h1-6H,(H,17,18)(H2,14,15,16). The summed E-state index contributed by atoms with van der Waals surface area (Å²) in [5, 5.41) is 11.8. The molecule has 0 unspecified atom stereocenters. The Morgan fingerprint density at radius 3 is 2.50 bits per heavy atom. The Hall–Kier alpha value is -2.08. The number of rotatable bonds is 3. The third-order valence-corrected chi connectivity index (χ3v) is 2.74. The summed E-state index contributed by atoms with van der Waals surface area (Å²) in [5.41, 5.74) is 0.226. The molecule has 1 aromatic carbocycles. The van der Waals surface area contributed by atoms with E-state index in [-0.39, 0.29) is 5.56 Å². The third kappa shape index (κ3) is 2.98. The highest BCUT2D eigenvalue weighted by Gasteiger charge is 2.06. The molecule has 6 heteroatoms. The molecule has 18 heavy (non-hydrogen) atoms. The number of benzene rings is 1. The van der Waals surface area contributed by atoms with Crippen LogP contribution in [0, 0.1) is 0 Å². The summed E-state index contributed by atoms with van der Waals surface area (Å²) < 4.78 is 0.931. The zero-order chi connectivity index (χ0) is 13.1. The molecule has 0 spiro atoms. The van der Waals surface area contributed by atoms with Gasteiger partial charge in [0.05, 0.1) is 5.56 Å². The second-order valence-electron chi connectivity index (χ2n) is 3.58. The number of anilines is 2. The number of hydrogen-bond donors (Lipinski definition) is 3. The summed E-state index contributed by atoms with van der Waals surface area (Å²) in [6.07, 6.45) is 0. The number of nitrogens with one attached hydrogen (secondary N) is 2. The number of hydrogen-bond acceptors (Lipinski definition) is 3. The highest BCUT2D eigenvalue weighted by Crippen LogP contribution is 2.17. The SMILES string of the molecule is O=C(O)c1cc(Nc2ccc(Br)cc2)[nH]c(=O)c1. The molecule has 0 bridgehead atoms. The average molecular weight is 309 g/mol. The van der Waals surface area contributed by atoms with Crippen molar-refractivity contribution < 1.29 is 9.90 Å². The third-order valence-electron chi connectivity index (χ3n) is 2.21. The van der Waals surface area contributed by atoms with Gasteiger partial charge in [-0.3, -0.25) is 4.79 Å². The van der Waals surface area contributed by atoms with Crippen molar-refractivity contribution in [3.8, 4) is 0 Å². The van der Waals surface area contributed by atoms with Crippen molar-refractivity contribution >= 4 is 33.4 Å². The summed E-state index contributed by atoms with van der Waals surface area (Å²) in [6.45, 7) is 0. The molecule has 0 saturated heterocycles. The summed E-state index contributed by atoms with van der Waals surface area (Å²) >= 11 is 3.31. The topological polar surface area (TPSA) is 82.2 Å². The number of aromatic amines is 1. The van der Waals surface area contributed by atoms with Crippen molar-refractivity contribution in [1.29, 1.82) is 0 Å². The molecule has 5 nitrogen and oxygen atoms in total. The maximum Gasteiger partial charge on any atom is 0.336 e. The van der Waals surface area contributed by atoms with E-state index in [2.05, 4.69) is 26.2 Å². The zero-order valence-electron chi connectivity index (χ0n) is 9.11. The maximum absolute atomic E-state index is 11.3. The molecule has 92 valence electrons. The molecule has 2 aromatic rings. The van der Waals surface area contributed by atoms with Crippen LogP contribution in [0.15, 0.2) is 45.7 Å². The molecule has 0 atom stereocenters. The van der Waals surface area contributed by atoms with Crippen molar-refractivity contribution in [3.63, 3.8) is 0 Å². The van der Waals surface area contributed by atoms with Gasteiger partial charge in [-0.1, -0.05) is 15.9 Å². The summed E-state index contributed by atoms with van der Waals surface area (Å²) in [6, 6.07) is 9.68. The van der Waals surface area contributed by atoms with Crippen LogP contribution in [0.2, 0.25) is 0 Å². The number of aromatic carboxylic acids is 1. The quantitative estimate of drug-likeness (QED) is 0.814. The molecule has 0 saturated carbocycles. The minimum Gasteiger partial charge on any atom is -0.478 e. The predicted octanol–water partition coefficient (Wildman–Crippen LogP) is 2.58. The van der Waals surface area contributed by atoms with Gasteiger partial charge in [0.1, 0.15) is 5.82 Å². The highest BCUT2D eigenvalue weighted by molar-refractivity contribution is 9.10. The fourth-order valence-corrected chi connectivity index (χ4v) is 1.69. The smallest absolute Gasteiger partial charge is 0.336 e. The monoisotopic (exact) mass is 308 g/mol. The van der Waals surface area contributed by atoms with Gasteiger partial charge in [0.25, 0.3) is 0 Å². The molecule has 0 aliphatic rings. The lowest BCUT2D eigenvalue weighted by molar-refractivity contribution is 0.0696. The van der Waals surface area contributed by atoms with E-state index in [9.17, 15) is 9.59 Å². The molecule has 3 N–H and O–H groups in total. The second kappa shape index (κ2) is 5.05. The van der Waals surface area contributed by atoms with E-state index in [1.54, 1.807) is 12.1 Å². The van der Waals surface area contributed by atoms with E-state index in [1.165, 1.54) is 6.07 Å². The van der Waals surface area contributed by atoms with E-state index >= 15 is 0 Å². The first-order valence-electron chi connectivity index (χ1n) is 5.05. The first-order valence-corrected chi connectivity index (χ1v) is 5.84. The number of aromatic nitrogens is 1. The maximum atomic E-state index is 11.3. The molecular formula is C12H9BrN2O3. The molecule has 0 radical (unpaired) electrons. The molecule has 2 rings (SSSR count). The lowest BCUT2D eigenvalue weighted by Crippen LogP contribution is -2.11. The van der Waals surface area contributed by atoms with Crippen molar-refractivity contribution in [2.45, 2.75) is 0 Å². The number of H-pyrrole nitrogens is 1. The molecule has 1 heterocycles. The average Bonchev–Trinajstić information content (AvgIpc) is 2.31. The van der Waals surface area contributed by atoms with Gasteiger partial charge in [0.2, 0.25) is 5.56 Å². The fraction of sp³-hybridized carbons (Fsp3) is 0. The first kappa shape index (κ1) is 12.4. The number of carboxylic acids is 1. The van der Waals surface area contributed by atoms with Crippen LogP contribution < -0.4 is 10.9 Å². The lowest BCUT2D eigenvalue weighted by Gasteiger charge is -2.06. The largest absolute Gasteiger partial charge is 0.478 e. The van der Waals surface area contributed by atoms with Crippen molar-refractivity contribution in [2.75, 3.05) is 5.32 Å². The van der Waals surface area contributed by atoms with Crippen molar-refractivity contribution in [2.24, 2.45) is 0 Å². The van der Waals surface area contributed by atoms with Gasteiger partial charge in [-0.2, -0.15) is 0 Å². The van der Waals surface area contributed by atoms with Gasteiger partial charge in [-0.15, -0.1) is 0 Å². The van der Waals surface area contributed by atoms with E-state index in [4.69, 9.17) is 5.11 Å². The lowest BCUT2D eigenvalue weighted by atomic mass is 10.2. The van der Waals surface area contributed by atoms with Gasteiger partial charge < -0.3 is 15.4 Å². The normalized spacial score (nSPS) is 10.1. The van der Waals surface area contributed by atoms with Crippen LogP contribution in [0.25, 0.3) is 0 Å². The van der Waals surface area contributed by atoms with Crippen LogP contribution in [0.5, 0.6) is 0 Å². The Labute approximate surface area is 111 Å². The van der Waals surface area contributed by atoms with Crippen LogP contribution in [0.4, 0.5) is 11.5 Å². The van der Waals surface area contributed by atoms with Gasteiger partial charge in [0, 0.05) is 16.2 Å². The fourth-order valence-electron chi connectivity index (χ4n) is 1.42. The minimum atomic E-state index is -1.14. The molecule has 0 amide bonds. The van der Waals surface area contributed by atoms with Gasteiger partial charge >= 0.3 is 5.97 Å². The molecule has 0 aliphatic carbocycles. The Kier molecular flexibility index (Phi) is 3.47. The van der Waals surface area contributed by atoms with Crippen LogP contribution in [-0.4, -0.2) is 16.1 Å². The highest BCUT2D eigenvalue weighted by atomic mass is 79.9. The van der Waals surface area contributed by atoms with Crippen LogP contribution in [0.3, 0.4) is 0 Å². The number of carboxylic acid groups (broad SMARTS) is 1. The van der Waals surface area contributed by atoms with E-state index in [1.807, 2.05) is 12.1 Å². The predicted molar refractivity (Wildman–Crippen MR) is 71.4 cm³/mol. The van der Waals surface area contributed by atoms with Crippen LogP contribution in [-0.2, 0) is 0 Å². The number of halogens is 1. The number of carbonyl (C=O) groups is 1. The van der Waals surface area contributed by atoms with Gasteiger partial charge in [0.15, 0.2) is 0 Å². The van der Waals surface area contributed by atoms with E-state index in [0.29, 0.717) is 5.82 Å². The number of pyridine rings is 1.